The van der Waals surface area contributed by atoms with E-state index in [4.69, 9.17) is 0 Å². The Hall–Kier alpha value is -0.870. The molecular formula is C13H19BrN2O. The highest BCUT2D eigenvalue weighted by Gasteiger charge is 2.09. The fourth-order valence-electron chi connectivity index (χ4n) is 1.45. The van der Waals surface area contributed by atoms with Crippen LogP contribution in [0.2, 0.25) is 0 Å². The second kappa shape index (κ2) is 6.77. The number of amides is 1. The maximum Gasteiger partial charge on any atom is 0.234 e. The highest BCUT2D eigenvalue weighted by atomic mass is 79.9. The first kappa shape index (κ1) is 14.2. The highest BCUT2D eigenvalue weighted by Crippen LogP contribution is 2.17. The van der Waals surface area contributed by atoms with Crippen molar-refractivity contribution >= 4 is 21.8 Å². The number of carbonyl (C=O) groups excluding carboxylic acids is 1. The van der Waals surface area contributed by atoms with E-state index in [2.05, 4.69) is 26.6 Å². The molecule has 0 fully saturated rings. The summed E-state index contributed by atoms with van der Waals surface area (Å²) in [5.74, 6) is 0.0196. The predicted molar refractivity (Wildman–Crippen MR) is 73.8 cm³/mol. The number of nitrogens with one attached hydrogen (secondary N) is 2. The minimum atomic E-state index is 0.0196. The zero-order valence-electron chi connectivity index (χ0n) is 10.5. The Morgan fingerprint density at radius 3 is 2.65 bits per heavy atom. The van der Waals surface area contributed by atoms with Gasteiger partial charge < -0.3 is 10.6 Å². The zero-order valence-corrected chi connectivity index (χ0v) is 12.0. The molecule has 3 nitrogen and oxygen atoms in total. The molecule has 0 aromatic heterocycles. The minimum absolute atomic E-state index is 0.0196. The summed E-state index contributed by atoms with van der Waals surface area (Å²) in [6.45, 7) is 6.38. The van der Waals surface area contributed by atoms with Crippen LogP contribution in [0.15, 0.2) is 28.7 Å². The molecule has 4 heteroatoms. The van der Waals surface area contributed by atoms with Gasteiger partial charge in [-0.15, -0.1) is 0 Å². The molecule has 1 rings (SSSR count). The lowest BCUT2D eigenvalue weighted by Crippen LogP contribution is -2.37. The monoisotopic (exact) mass is 298 g/mol. The molecule has 1 atom stereocenters. The Labute approximate surface area is 111 Å². The maximum atomic E-state index is 11.6. The molecule has 0 spiro atoms. The number of hydrogen-bond acceptors (Lipinski definition) is 2. The Kier molecular flexibility index (Phi) is 5.65. The molecule has 17 heavy (non-hydrogen) atoms. The van der Waals surface area contributed by atoms with Crippen LogP contribution in [0.1, 0.15) is 32.4 Å². The standard InChI is InChI=1S/C13H19BrN2O/c1-9(2)15-8-13(17)16-10(3)11-5-4-6-12(14)7-11/h4-7,9-10,15H,8H2,1-3H3,(H,16,17)/t10-/m0/s1. The number of hydrogen-bond donors (Lipinski definition) is 2. The van der Waals surface area contributed by atoms with Crippen molar-refractivity contribution < 1.29 is 4.79 Å². The molecule has 94 valence electrons. The summed E-state index contributed by atoms with van der Waals surface area (Å²) in [5, 5.41) is 6.05. The van der Waals surface area contributed by atoms with Gasteiger partial charge >= 0.3 is 0 Å². The van der Waals surface area contributed by atoms with Gasteiger partial charge in [-0.05, 0) is 24.6 Å². The fraction of sp³-hybridized carbons (Fsp3) is 0.462. The van der Waals surface area contributed by atoms with Crippen LogP contribution in [0.5, 0.6) is 0 Å². The summed E-state index contributed by atoms with van der Waals surface area (Å²) in [5.41, 5.74) is 1.09. The average Bonchev–Trinajstić information content (AvgIpc) is 2.26. The van der Waals surface area contributed by atoms with Gasteiger partial charge in [-0.3, -0.25) is 4.79 Å². The molecule has 0 bridgehead atoms. The molecule has 0 unspecified atom stereocenters. The first-order valence-corrected chi connectivity index (χ1v) is 6.56. The van der Waals surface area contributed by atoms with Crippen molar-refractivity contribution in [2.45, 2.75) is 32.9 Å². The summed E-state index contributed by atoms with van der Waals surface area (Å²) in [6.07, 6.45) is 0. The van der Waals surface area contributed by atoms with E-state index in [0.717, 1.165) is 10.0 Å². The highest BCUT2D eigenvalue weighted by molar-refractivity contribution is 9.10. The van der Waals surface area contributed by atoms with E-state index in [0.29, 0.717) is 12.6 Å². The SMILES string of the molecule is CC(C)NCC(=O)N[C@@H](C)c1cccc(Br)c1. The van der Waals surface area contributed by atoms with Crippen LogP contribution >= 0.6 is 15.9 Å². The predicted octanol–water partition coefficient (Wildman–Crippen LogP) is 2.62. The van der Waals surface area contributed by atoms with Crippen LogP contribution in [0, 0.1) is 0 Å². The summed E-state index contributed by atoms with van der Waals surface area (Å²) < 4.78 is 1.02. The van der Waals surface area contributed by atoms with Gasteiger partial charge in [0.15, 0.2) is 0 Å². The summed E-state index contributed by atoms with van der Waals surface area (Å²) in [7, 11) is 0. The van der Waals surface area contributed by atoms with Crippen LogP contribution in [-0.4, -0.2) is 18.5 Å². The lowest BCUT2D eigenvalue weighted by molar-refractivity contribution is -0.121. The number of carbonyl (C=O) groups is 1. The maximum absolute atomic E-state index is 11.6. The molecule has 0 aliphatic heterocycles. The third kappa shape index (κ3) is 5.33. The smallest absolute Gasteiger partial charge is 0.234 e. The molecule has 0 radical (unpaired) electrons. The molecule has 0 saturated heterocycles. The van der Waals surface area contributed by atoms with Crippen LogP contribution in [0.25, 0.3) is 0 Å². The lowest BCUT2D eigenvalue weighted by atomic mass is 10.1. The Bertz CT molecular complexity index is 379. The number of rotatable bonds is 5. The topological polar surface area (TPSA) is 41.1 Å². The number of halogens is 1. The molecule has 2 N–H and O–H groups in total. The third-order valence-electron chi connectivity index (χ3n) is 2.40. The van der Waals surface area contributed by atoms with Crippen molar-refractivity contribution in [2.75, 3.05) is 6.54 Å². The molecule has 0 saturated carbocycles. The first-order valence-electron chi connectivity index (χ1n) is 5.77. The van der Waals surface area contributed by atoms with E-state index in [9.17, 15) is 4.79 Å². The molecule has 0 heterocycles. The van der Waals surface area contributed by atoms with Crippen molar-refractivity contribution in [3.05, 3.63) is 34.3 Å². The van der Waals surface area contributed by atoms with Gasteiger partial charge in [0.05, 0.1) is 12.6 Å². The van der Waals surface area contributed by atoms with E-state index >= 15 is 0 Å². The third-order valence-corrected chi connectivity index (χ3v) is 2.89. The number of benzene rings is 1. The van der Waals surface area contributed by atoms with Gasteiger partial charge in [0.25, 0.3) is 0 Å². The van der Waals surface area contributed by atoms with Crippen molar-refractivity contribution in [3.63, 3.8) is 0 Å². The van der Waals surface area contributed by atoms with Crippen molar-refractivity contribution in [3.8, 4) is 0 Å². The lowest BCUT2D eigenvalue weighted by Gasteiger charge is -2.15. The normalized spacial score (nSPS) is 12.5. The minimum Gasteiger partial charge on any atom is -0.348 e. The van der Waals surface area contributed by atoms with Gasteiger partial charge in [0, 0.05) is 10.5 Å². The Morgan fingerprint density at radius 2 is 2.06 bits per heavy atom. The average molecular weight is 299 g/mol. The molecule has 0 aliphatic carbocycles. The van der Waals surface area contributed by atoms with Gasteiger partial charge in [-0.25, -0.2) is 0 Å². The Morgan fingerprint density at radius 1 is 1.35 bits per heavy atom. The van der Waals surface area contributed by atoms with Crippen molar-refractivity contribution in [1.82, 2.24) is 10.6 Å². The van der Waals surface area contributed by atoms with Crippen LogP contribution in [0.4, 0.5) is 0 Å². The summed E-state index contributed by atoms with van der Waals surface area (Å²) in [4.78, 5) is 11.6. The van der Waals surface area contributed by atoms with Gasteiger partial charge in [0.1, 0.15) is 0 Å². The Balaban J connectivity index is 2.48. The van der Waals surface area contributed by atoms with Gasteiger partial charge in [-0.1, -0.05) is 41.9 Å². The van der Waals surface area contributed by atoms with Crippen molar-refractivity contribution in [1.29, 1.82) is 0 Å². The molecule has 1 aromatic carbocycles. The largest absolute Gasteiger partial charge is 0.348 e. The molecule has 1 aromatic rings. The van der Waals surface area contributed by atoms with E-state index < -0.39 is 0 Å². The van der Waals surface area contributed by atoms with Crippen molar-refractivity contribution in [2.24, 2.45) is 0 Å². The molecule has 1 amide bonds. The molecule has 0 aliphatic rings. The van der Waals surface area contributed by atoms with E-state index in [1.807, 2.05) is 45.0 Å². The first-order chi connectivity index (χ1) is 7.99. The zero-order chi connectivity index (χ0) is 12.8. The second-order valence-corrected chi connectivity index (χ2v) is 5.30. The van der Waals surface area contributed by atoms with E-state index in [1.54, 1.807) is 0 Å². The van der Waals surface area contributed by atoms with Crippen LogP contribution < -0.4 is 10.6 Å². The summed E-state index contributed by atoms with van der Waals surface area (Å²) >= 11 is 3.42. The fourth-order valence-corrected chi connectivity index (χ4v) is 1.87. The quantitative estimate of drug-likeness (QED) is 0.877. The molecular weight excluding hydrogens is 280 g/mol. The summed E-state index contributed by atoms with van der Waals surface area (Å²) in [6, 6.07) is 8.30. The van der Waals surface area contributed by atoms with E-state index in [-0.39, 0.29) is 11.9 Å². The van der Waals surface area contributed by atoms with Gasteiger partial charge in [0.2, 0.25) is 5.91 Å². The van der Waals surface area contributed by atoms with Crippen LogP contribution in [0.3, 0.4) is 0 Å². The van der Waals surface area contributed by atoms with Gasteiger partial charge in [-0.2, -0.15) is 0 Å². The second-order valence-electron chi connectivity index (χ2n) is 4.38. The van der Waals surface area contributed by atoms with Crippen LogP contribution in [-0.2, 0) is 4.79 Å². The van der Waals surface area contributed by atoms with E-state index in [1.165, 1.54) is 0 Å².